The van der Waals surface area contributed by atoms with E-state index in [1.165, 1.54) is 12.1 Å². The minimum Gasteiger partial charge on any atom is -0.457 e. The molecule has 0 spiro atoms. The first-order valence-electron chi connectivity index (χ1n) is 10.5. The van der Waals surface area contributed by atoms with Crippen LogP contribution in [0.4, 0.5) is 18.9 Å². The molecule has 4 nitrogen and oxygen atoms in total. The second-order valence-electron chi connectivity index (χ2n) is 7.50. The molecule has 34 heavy (non-hydrogen) atoms. The Balaban J connectivity index is 1.59. The van der Waals surface area contributed by atoms with Crippen LogP contribution in [0.15, 0.2) is 102 Å². The molecule has 1 aliphatic heterocycles. The van der Waals surface area contributed by atoms with Gasteiger partial charge in [-0.25, -0.2) is 4.99 Å². The van der Waals surface area contributed by atoms with Crippen molar-refractivity contribution < 1.29 is 27.4 Å². The molecule has 0 unspecified atom stereocenters. The number of hydrogen-bond donors (Lipinski definition) is 0. The number of halogens is 3. The lowest BCUT2D eigenvalue weighted by Crippen LogP contribution is -2.04. The van der Waals surface area contributed by atoms with E-state index in [1.54, 1.807) is 12.1 Å². The zero-order valence-electron chi connectivity index (χ0n) is 17.8. The average molecular weight is 461 g/mol. The van der Waals surface area contributed by atoms with Crippen molar-refractivity contribution in [3.8, 4) is 23.0 Å². The molecule has 0 saturated carbocycles. The van der Waals surface area contributed by atoms with Crippen LogP contribution < -0.4 is 14.2 Å². The van der Waals surface area contributed by atoms with Gasteiger partial charge in [-0.1, -0.05) is 66.7 Å². The zero-order chi connectivity index (χ0) is 23.5. The Kier molecular flexibility index (Phi) is 5.67. The molecule has 7 heteroatoms. The average Bonchev–Trinajstić information content (AvgIpc) is 3.32. The third-order valence-corrected chi connectivity index (χ3v) is 5.15. The van der Waals surface area contributed by atoms with E-state index in [1.807, 2.05) is 60.7 Å². The van der Waals surface area contributed by atoms with Crippen molar-refractivity contribution in [3.63, 3.8) is 0 Å². The van der Waals surface area contributed by atoms with E-state index in [0.29, 0.717) is 22.9 Å². The summed E-state index contributed by atoms with van der Waals surface area (Å²) >= 11 is 0. The molecular formula is C27H18F3NO3. The van der Waals surface area contributed by atoms with Gasteiger partial charge in [0.25, 0.3) is 0 Å². The highest BCUT2D eigenvalue weighted by Gasteiger charge is 2.30. The first kappa shape index (κ1) is 21.6. The summed E-state index contributed by atoms with van der Waals surface area (Å²) in [6, 6.07) is 27.2. The zero-order valence-corrected chi connectivity index (χ0v) is 17.8. The maximum atomic E-state index is 13.1. The molecule has 0 aromatic heterocycles. The Labute approximate surface area is 193 Å². The highest BCUT2D eigenvalue weighted by molar-refractivity contribution is 6.14. The van der Waals surface area contributed by atoms with Crippen LogP contribution in [-0.2, 0) is 6.18 Å². The van der Waals surface area contributed by atoms with Crippen LogP contribution in [0.2, 0.25) is 0 Å². The summed E-state index contributed by atoms with van der Waals surface area (Å²) < 4.78 is 56.3. The summed E-state index contributed by atoms with van der Waals surface area (Å²) in [5.41, 5.74) is 2.14. The van der Waals surface area contributed by atoms with Gasteiger partial charge in [0.05, 0.1) is 11.3 Å². The molecule has 0 atom stereocenters. The normalized spacial score (nSPS) is 12.3. The number of hydrogen-bond acceptors (Lipinski definition) is 4. The Morgan fingerprint density at radius 2 is 1.41 bits per heavy atom. The highest BCUT2D eigenvalue weighted by atomic mass is 19.4. The first-order chi connectivity index (χ1) is 16.5. The monoisotopic (exact) mass is 461 g/mol. The molecule has 0 radical (unpaired) electrons. The van der Waals surface area contributed by atoms with Crippen LogP contribution in [0.25, 0.3) is 0 Å². The summed E-state index contributed by atoms with van der Waals surface area (Å²) in [5, 5.41) is 0. The molecule has 4 aromatic rings. The predicted octanol–water partition coefficient (Wildman–Crippen LogP) is 7.40. The number of aliphatic imine (C=N–C) groups is 1. The lowest BCUT2D eigenvalue weighted by atomic mass is 10.0. The summed E-state index contributed by atoms with van der Waals surface area (Å²) in [7, 11) is 0. The Hall–Kier alpha value is -4.26. The van der Waals surface area contributed by atoms with Crippen molar-refractivity contribution in [3.05, 3.63) is 114 Å². The van der Waals surface area contributed by atoms with Crippen LogP contribution in [-0.4, -0.2) is 12.5 Å². The summed E-state index contributed by atoms with van der Waals surface area (Å²) in [5.74, 6) is 1.18. The van der Waals surface area contributed by atoms with E-state index in [-0.39, 0.29) is 18.3 Å². The minimum atomic E-state index is -4.47. The number of nitrogens with zero attached hydrogens (tertiary/aromatic N) is 1. The van der Waals surface area contributed by atoms with Gasteiger partial charge in [-0.15, -0.1) is 0 Å². The third-order valence-electron chi connectivity index (χ3n) is 5.15. The standard InChI is InChI=1S/C27H18F3NO3/c28-27(29,30)20-12-7-13-21(14-20)34-22-15-23(26-24(16-22)32-17-33-26)31-25(18-8-3-1-4-9-18)19-10-5-2-6-11-19/h1-16H,17H2. The molecule has 0 saturated heterocycles. The van der Waals surface area contributed by atoms with Crippen LogP contribution in [0.5, 0.6) is 23.0 Å². The van der Waals surface area contributed by atoms with Gasteiger partial charge in [0.1, 0.15) is 17.2 Å². The smallest absolute Gasteiger partial charge is 0.416 e. The predicted molar refractivity (Wildman–Crippen MR) is 122 cm³/mol. The number of ether oxygens (including phenoxy) is 3. The molecule has 5 rings (SSSR count). The van der Waals surface area contributed by atoms with Crippen molar-refractivity contribution in [2.24, 2.45) is 4.99 Å². The molecule has 0 amide bonds. The molecule has 0 bridgehead atoms. The number of fused-ring (bicyclic) bond motifs is 1. The van der Waals surface area contributed by atoms with E-state index < -0.39 is 11.7 Å². The lowest BCUT2D eigenvalue weighted by Gasteiger charge is -2.12. The third kappa shape index (κ3) is 4.59. The van der Waals surface area contributed by atoms with Gasteiger partial charge >= 0.3 is 6.18 Å². The largest absolute Gasteiger partial charge is 0.457 e. The lowest BCUT2D eigenvalue weighted by molar-refractivity contribution is -0.137. The second kappa shape index (κ2) is 8.94. The highest BCUT2D eigenvalue weighted by Crippen LogP contribution is 2.46. The van der Waals surface area contributed by atoms with Gasteiger partial charge in [0, 0.05) is 23.3 Å². The first-order valence-corrected chi connectivity index (χ1v) is 10.5. The fraction of sp³-hybridized carbons (Fsp3) is 0.0741. The van der Waals surface area contributed by atoms with E-state index in [0.717, 1.165) is 23.3 Å². The van der Waals surface area contributed by atoms with Crippen LogP contribution in [0, 0.1) is 0 Å². The molecule has 0 fully saturated rings. The van der Waals surface area contributed by atoms with Crippen LogP contribution in [0.3, 0.4) is 0 Å². The van der Waals surface area contributed by atoms with E-state index in [4.69, 9.17) is 19.2 Å². The number of rotatable bonds is 5. The van der Waals surface area contributed by atoms with Crippen molar-refractivity contribution in [1.29, 1.82) is 0 Å². The van der Waals surface area contributed by atoms with E-state index in [9.17, 15) is 13.2 Å². The fourth-order valence-electron chi connectivity index (χ4n) is 3.59. The van der Waals surface area contributed by atoms with Gasteiger partial charge in [0.15, 0.2) is 11.5 Å². The summed E-state index contributed by atoms with van der Waals surface area (Å²) in [4.78, 5) is 4.88. The van der Waals surface area contributed by atoms with Gasteiger partial charge in [-0.2, -0.15) is 13.2 Å². The topological polar surface area (TPSA) is 40.0 Å². The Bertz CT molecular complexity index is 1300. The molecule has 1 aliphatic rings. The molecule has 170 valence electrons. The van der Waals surface area contributed by atoms with Crippen molar-refractivity contribution >= 4 is 11.4 Å². The van der Waals surface area contributed by atoms with Gasteiger partial charge in [-0.3, -0.25) is 0 Å². The minimum absolute atomic E-state index is 0.0108. The molecule has 0 aliphatic carbocycles. The quantitative estimate of drug-likeness (QED) is 0.291. The molecular weight excluding hydrogens is 443 g/mol. The van der Waals surface area contributed by atoms with Crippen molar-refractivity contribution in [2.75, 3.05) is 6.79 Å². The van der Waals surface area contributed by atoms with Crippen molar-refractivity contribution in [1.82, 2.24) is 0 Å². The summed E-state index contributed by atoms with van der Waals surface area (Å²) in [6.45, 7) is 0.0108. The number of benzene rings is 4. The van der Waals surface area contributed by atoms with E-state index in [2.05, 4.69) is 0 Å². The molecule has 0 N–H and O–H groups in total. The van der Waals surface area contributed by atoms with Crippen LogP contribution >= 0.6 is 0 Å². The fourth-order valence-corrected chi connectivity index (χ4v) is 3.59. The van der Waals surface area contributed by atoms with Gasteiger partial charge < -0.3 is 14.2 Å². The summed E-state index contributed by atoms with van der Waals surface area (Å²) in [6.07, 6.45) is -4.47. The van der Waals surface area contributed by atoms with Gasteiger partial charge in [0.2, 0.25) is 6.79 Å². The maximum Gasteiger partial charge on any atom is 0.416 e. The molecule has 4 aromatic carbocycles. The maximum absolute atomic E-state index is 13.1. The van der Waals surface area contributed by atoms with Crippen molar-refractivity contribution in [2.45, 2.75) is 6.18 Å². The molecule has 1 heterocycles. The second-order valence-corrected chi connectivity index (χ2v) is 7.50. The Morgan fingerprint density at radius 1 is 0.735 bits per heavy atom. The van der Waals surface area contributed by atoms with E-state index >= 15 is 0 Å². The number of alkyl halides is 3. The van der Waals surface area contributed by atoms with Crippen LogP contribution in [0.1, 0.15) is 16.7 Å². The Morgan fingerprint density at radius 3 is 2.06 bits per heavy atom. The SMILES string of the molecule is FC(F)(F)c1cccc(Oc2cc(N=C(c3ccccc3)c3ccccc3)c3c(c2)OCO3)c1. The van der Waals surface area contributed by atoms with Gasteiger partial charge in [-0.05, 0) is 18.2 Å².